The largest absolute Gasteiger partial charge is 0.394 e. The summed E-state index contributed by atoms with van der Waals surface area (Å²) in [7, 11) is 0. The lowest BCUT2D eigenvalue weighted by Gasteiger charge is -2.14. The van der Waals surface area contributed by atoms with Gasteiger partial charge >= 0.3 is 0 Å². The molecule has 3 N–H and O–H groups in total. The van der Waals surface area contributed by atoms with Crippen molar-refractivity contribution in [3.05, 3.63) is 10.4 Å². The highest BCUT2D eigenvalue weighted by Gasteiger charge is 2.41. The lowest BCUT2D eigenvalue weighted by atomic mass is 9.99. The van der Waals surface area contributed by atoms with Crippen molar-refractivity contribution in [1.82, 2.24) is 0 Å². The van der Waals surface area contributed by atoms with E-state index in [2.05, 4.69) is 10.0 Å². The van der Waals surface area contributed by atoms with Crippen LogP contribution in [0.15, 0.2) is 5.11 Å². The fraction of sp³-hybridized carbons (Fsp3) is 1.00. The summed E-state index contributed by atoms with van der Waals surface area (Å²) >= 11 is 0. The van der Waals surface area contributed by atoms with E-state index in [0.717, 1.165) is 0 Å². The molecule has 1 unspecified atom stereocenters. The van der Waals surface area contributed by atoms with Crippen LogP contribution in [-0.4, -0.2) is 47.0 Å². The SMILES string of the molecule is [N-]=[N+]=NC[C@@H]1[C@@H](CO)OC(O)[C@@H]1O. The van der Waals surface area contributed by atoms with Gasteiger partial charge in [-0.05, 0) is 5.53 Å². The minimum absolute atomic E-state index is 0.0000463. The van der Waals surface area contributed by atoms with Gasteiger partial charge in [-0.2, -0.15) is 0 Å². The zero-order valence-electron chi connectivity index (χ0n) is 6.82. The number of aliphatic hydroxyl groups excluding tert-OH is 3. The number of ether oxygens (including phenoxy) is 1. The molecule has 4 atom stereocenters. The molecule has 0 aliphatic carbocycles. The minimum Gasteiger partial charge on any atom is -0.394 e. The maximum absolute atomic E-state index is 9.32. The van der Waals surface area contributed by atoms with E-state index in [1.807, 2.05) is 0 Å². The van der Waals surface area contributed by atoms with Gasteiger partial charge in [-0.25, -0.2) is 0 Å². The van der Waals surface area contributed by atoms with Gasteiger partial charge in [-0.15, -0.1) is 0 Å². The zero-order valence-corrected chi connectivity index (χ0v) is 6.82. The average Bonchev–Trinajstić information content (AvgIpc) is 2.40. The number of hydrogen-bond donors (Lipinski definition) is 3. The standard InChI is InChI=1S/C6H11N3O4/c7-9-8-1-3-4(2-10)13-6(12)5(3)11/h3-6,10-12H,1-2H2/t3-,4-,5-,6?/m1/s1. The Morgan fingerprint density at radius 2 is 2.15 bits per heavy atom. The van der Waals surface area contributed by atoms with Crippen LogP contribution in [0.4, 0.5) is 0 Å². The summed E-state index contributed by atoms with van der Waals surface area (Å²) in [5, 5.41) is 30.4. The van der Waals surface area contributed by atoms with Crippen LogP contribution < -0.4 is 0 Å². The Kier molecular flexibility index (Phi) is 3.47. The summed E-state index contributed by atoms with van der Waals surface area (Å²) in [5.74, 6) is -0.545. The number of nitrogens with zero attached hydrogens (tertiary/aromatic N) is 3. The smallest absolute Gasteiger partial charge is 0.181 e. The van der Waals surface area contributed by atoms with E-state index in [1.54, 1.807) is 0 Å². The Morgan fingerprint density at radius 3 is 2.69 bits per heavy atom. The van der Waals surface area contributed by atoms with Crippen LogP contribution in [0.25, 0.3) is 10.4 Å². The van der Waals surface area contributed by atoms with Gasteiger partial charge in [0.05, 0.1) is 12.7 Å². The number of hydrogen-bond acceptors (Lipinski definition) is 5. The van der Waals surface area contributed by atoms with E-state index in [-0.39, 0.29) is 13.2 Å². The molecule has 1 aliphatic rings. The van der Waals surface area contributed by atoms with Crippen LogP contribution in [-0.2, 0) is 4.74 Å². The molecule has 1 fully saturated rings. The third kappa shape index (κ3) is 2.09. The third-order valence-corrected chi connectivity index (χ3v) is 2.06. The van der Waals surface area contributed by atoms with E-state index in [0.29, 0.717) is 0 Å². The van der Waals surface area contributed by atoms with Gasteiger partial charge in [0.2, 0.25) is 0 Å². The van der Waals surface area contributed by atoms with E-state index in [9.17, 15) is 5.11 Å². The summed E-state index contributed by atoms with van der Waals surface area (Å²) in [5.41, 5.74) is 8.05. The van der Waals surface area contributed by atoms with Crippen molar-refractivity contribution < 1.29 is 20.1 Å². The lowest BCUT2D eigenvalue weighted by molar-refractivity contribution is -0.132. The van der Waals surface area contributed by atoms with Gasteiger partial charge in [0, 0.05) is 17.4 Å². The predicted octanol–water partition coefficient (Wildman–Crippen LogP) is -1.02. The average molecular weight is 189 g/mol. The Morgan fingerprint density at radius 1 is 1.46 bits per heavy atom. The number of rotatable bonds is 3. The molecule has 0 saturated carbocycles. The molecule has 7 heteroatoms. The Hall–Kier alpha value is -0.850. The first-order valence-corrected chi connectivity index (χ1v) is 3.84. The fourth-order valence-electron chi connectivity index (χ4n) is 1.33. The molecule has 13 heavy (non-hydrogen) atoms. The summed E-state index contributed by atoms with van der Waals surface area (Å²) < 4.78 is 4.80. The van der Waals surface area contributed by atoms with Gasteiger partial charge in [0.25, 0.3) is 0 Å². The van der Waals surface area contributed by atoms with Crippen LogP contribution in [0.2, 0.25) is 0 Å². The van der Waals surface area contributed by atoms with Crippen molar-refractivity contribution in [2.45, 2.75) is 18.5 Å². The summed E-state index contributed by atoms with van der Waals surface area (Å²) in [4.78, 5) is 2.52. The van der Waals surface area contributed by atoms with E-state index in [1.165, 1.54) is 0 Å². The Bertz CT molecular complexity index is 218. The number of azide groups is 1. The molecule has 0 bridgehead atoms. The molecule has 7 nitrogen and oxygen atoms in total. The molecule has 0 amide bonds. The quantitative estimate of drug-likeness (QED) is 0.299. The summed E-state index contributed by atoms with van der Waals surface area (Å²) in [6.07, 6.45) is -3.09. The topological polar surface area (TPSA) is 119 Å². The van der Waals surface area contributed by atoms with Crippen LogP contribution in [0.3, 0.4) is 0 Å². The van der Waals surface area contributed by atoms with Crippen molar-refractivity contribution in [2.75, 3.05) is 13.2 Å². The highest BCUT2D eigenvalue weighted by Crippen LogP contribution is 2.25. The van der Waals surface area contributed by atoms with Crippen LogP contribution in [0.1, 0.15) is 0 Å². The van der Waals surface area contributed by atoms with Gasteiger partial charge in [0.1, 0.15) is 6.10 Å². The fourth-order valence-corrected chi connectivity index (χ4v) is 1.33. The molecule has 0 aromatic heterocycles. The second-order valence-electron chi connectivity index (χ2n) is 2.82. The maximum Gasteiger partial charge on any atom is 0.181 e. The molecule has 74 valence electrons. The minimum atomic E-state index is -1.31. The summed E-state index contributed by atoms with van der Waals surface area (Å²) in [6, 6.07) is 0. The normalized spacial score (nSPS) is 38.7. The Labute approximate surface area is 74.2 Å². The molecular formula is C6H11N3O4. The van der Waals surface area contributed by atoms with Crippen molar-refractivity contribution in [1.29, 1.82) is 0 Å². The first kappa shape index (κ1) is 10.2. The second-order valence-corrected chi connectivity index (χ2v) is 2.82. The summed E-state index contributed by atoms with van der Waals surface area (Å²) in [6.45, 7) is -0.320. The van der Waals surface area contributed by atoms with E-state index < -0.39 is 24.4 Å². The van der Waals surface area contributed by atoms with Gasteiger partial charge in [-0.3, -0.25) is 0 Å². The molecule has 1 saturated heterocycles. The zero-order chi connectivity index (χ0) is 9.84. The third-order valence-electron chi connectivity index (χ3n) is 2.06. The molecule has 0 aromatic carbocycles. The second kappa shape index (κ2) is 4.40. The molecule has 1 rings (SSSR count). The molecule has 0 spiro atoms. The van der Waals surface area contributed by atoms with Gasteiger partial charge in [0.15, 0.2) is 6.29 Å². The van der Waals surface area contributed by atoms with Gasteiger partial charge < -0.3 is 20.1 Å². The molecule has 1 heterocycles. The first-order chi connectivity index (χ1) is 6.20. The highest BCUT2D eigenvalue weighted by atomic mass is 16.6. The molecular weight excluding hydrogens is 178 g/mol. The predicted molar refractivity (Wildman–Crippen MR) is 41.5 cm³/mol. The molecule has 1 aliphatic heterocycles. The van der Waals surface area contributed by atoms with Gasteiger partial charge in [-0.1, -0.05) is 5.11 Å². The van der Waals surface area contributed by atoms with Crippen LogP contribution in [0.5, 0.6) is 0 Å². The monoisotopic (exact) mass is 189 g/mol. The maximum atomic E-state index is 9.32. The number of aliphatic hydroxyl groups is 3. The van der Waals surface area contributed by atoms with E-state index in [4.69, 9.17) is 20.5 Å². The Balaban J connectivity index is 2.61. The van der Waals surface area contributed by atoms with Crippen LogP contribution >= 0.6 is 0 Å². The first-order valence-electron chi connectivity index (χ1n) is 3.84. The molecule has 0 aromatic rings. The van der Waals surface area contributed by atoms with Crippen molar-refractivity contribution in [2.24, 2.45) is 11.0 Å². The van der Waals surface area contributed by atoms with Crippen molar-refractivity contribution >= 4 is 0 Å². The highest BCUT2D eigenvalue weighted by molar-refractivity contribution is 4.87. The van der Waals surface area contributed by atoms with Crippen molar-refractivity contribution in [3.8, 4) is 0 Å². The molecule has 0 radical (unpaired) electrons. The van der Waals surface area contributed by atoms with E-state index >= 15 is 0 Å². The lowest BCUT2D eigenvalue weighted by Crippen LogP contribution is -2.30. The van der Waals surface area contributed by atoms with Crippen molar-refractivity contribution in [3.63, 3.8) is 0 Å². The van der Waals surface area contributed by atoms with Crippen LogP contribution in [0, 0.1) is 5.92 Å².